The number of aromatic hydroxyl groups is 2. The third-order valence-electron chi connectivity index (χ3n) is 2.98. The van der Waals surface area contributed by atoms with Crippen molar-refractivity contribution in [3.63, 3.8) is 0 Å². The molecule has 0 fully saturated rings. The van der Waals surface area contributed by atoms with Crippen molar-refractivity contribution in [2.24, 2.45) is 9.98 Å². The zero-order valence-corrected chi connectivity index (χ0v) is 17.2. The molecule has 0 bridgehead atoms. The van der Waals surface area contributed by atoms with Gasteiger partial charge in [0.2, 0.25) is 0 Å². The first-order valence-electron chi connectivity index (χ1n) is 7.77. The Morgan fingerprint density at radius 1 is 0.867 bits per heavy atom. The van der Waals surface area contributed by atoms with Crippen LogP contribution in [0, 0.1) is 0 Å². The van der Waals surface area contributed by atoms with E-state index in [9.17, 15) is 23.4 Å². The summed E-state index contributed by atoms with van der Waals surface area (Å²) < 4.78 is 67.0. The van der Waals surface area contributed by atoms with Crippen LogP contribution in [0.3, 0.4) is 0 Å². The van der Waals surface area contributed by atoms with Crippen molar-refractivity contribution in [1.82, 2.24) is 0 Å². The Balaban J connectivity index is 0.000000712. The molecule has 8 nitrogen and oxygen atoms in total. The van der Waals surface area contributed by atoms with Gasteiger partial charge in [0.1, 0.15) is 11.5 Å². The number of aliphatic imine (C=N–C) groups is 2. The number of benzene rings is 2. The number of para-hydroxylation sites is 2. The van der Waals surface area contributed by atoms with Crippen LogP contribution in [0.4, 0.5) is 13.2 Å². The second kappa shape index (κ2) is 13.6. The van der Waals surface area contributed by atoms with Gasteiger partial charge >= 0.3 is 25.5 Å². The fourth-order valence-corrected chi connectivity index (χ4v) is 1.63. The summed E-state index contributed by atoms with van der Waals surface area (Å²) in [6.07, 6.45) is 3.26. The molecular formula is C17H16CrF3N2O6S-. The predicted octanol–water partition coefficient (Wildman–Crippen LogP) is 2.57. The van der Waals surface area contributed by atoms with Crippen LogP contribution < -0.4 is 0 Å². The Bertz CT molecular complexity index is 897. The van der Waals surface area contributed by atoms with Crippen molar-refractivity contribution >= 4 is 22.5 Å². The molecule has 0 heterocycles. The zero-order valence-electron chi connectivity index (χ0n) is 15.1. The molecule has 164 valence electrons. The van der Waals surface area contributed by atoms with Crippen LogP contribution in [0.25, 0.3) is 0 Å². The molecule has 0 aromatic heterocycles. The van der Waals surface area contributed by atoms with E-state index in [0.717, 1.165) is 0 Å². The topological polar surface area (TPSA) is 139 Å². The van der Waals surface area contributed by atoms with Crippen LogP contribution >= 0.6 is 0 Å². The second-order valence-electron chi connectivity index (χ2n) is 5.09. The molecule has 0 saturated heterocycles. The van der Waals surface area contributed by atoms with E-state index >= 15 is 0 Å². The number of nitrogens with zero attached hydrogens (tertiary/aromatic N) is 2. The molecular weight excluding hydrogens is 469 g/mol. The first-order chi connectivity index (χ1) is 14.0. The van der Waals surface area contributed by atoms with Crippen LogP contribution in [0.2, 0.25) is 0 Å². The number of halogens is 3. The molecule has 0 unspecified atom stereocenters. The predicted molar refractivity (Wildman–Crippen MR) is 97.6 cm³/mol. The number of rotatable bonds is 5. The van der Waals surface area contributed by atoms with Gasteiger partial charge in [-0.05, 0) is 24.3 Å². The minimum absolute atomic E-state index is 0.217. The van der Waals surface area contributed by atoms with Crippen molar-refractivity contribution in [3.8, 4) is 11.5 Å². The van der Waals surface area contributed by atoms with E-state index < -0.39 is 15.6 Å². The van der Waals surface area contributed by atoms with Crippen LogP contribution in [-0.4, -0.2) is 54.2 Å². The molecule has 0 aliphatic heterocycles. The number of hydrogen-bond donors (Lipinski definition) is 2. The van der Waals surface area contributed by atoms with Gasteiger partial charge < -0.3 is 14.8 Å². The molecule has 0 spiro atoms. The summed E-state index contributed by atoms with van der Waals surface area (Å²) in [4.78, 5) is 8.39. The van der Waals surface area contributed by atoms with Gasteiger partial charge in [-0.25, -0.2) is 8.42 Å². The summed E-state index contributed by atoms with van der Waals surface area (Å²) in [7, 11) is -6.09. The Hall–Kier alpha value is -2.59. The molecule has 0 atom stereocenters. The second-order valence-corrected chi connectivity index (χ2v) is 6.46. The van der Waals surface area contributed by atoms with Gasteiger partial charge in [0.25, 0.3) is 0 Å². The van der Waals surface area contributed by atoms with E-state index in [1.807, 2.05) is 12.1 Å². The Morgan fingerprint density at radius 3 is 1.43 bits per heavy atom. The van der Waals surface area contributed by atoms with E-state index in [1.54, 1.807) is 48.8 Å². The van der Waals surface area contributed by atoms with Gasteiger partial charge in [0.15, 0.2) is 10.1 Å². The van der Waals surface area contributed by atoms with Crippen LogP contribution in [0.15, 0.2) is 58.5 Å². The summed E-state index contributed by atoms with van der Waals surface area (Å²) in [5.41, 5.74) is -4.26. The fraction of sp³-hybridized carbons (Fsp3) is 0.176. The van der Waals surface area contributed by atoms with Gasteiger partial charge in [-0.2, -0.15) is 13.2 Å². The molecule has 2 aromatic carbocycles. The van der Waals surface area contributed by atoms with Crippen molar-refractivity contribution in [2.75, 3.05) is 13.1 Å². The summed E-state index contributed by atoms with van der Waals surface area (Å²) >= 11 is 1.38. The molecule has 0 aliphatic rings. The molecule has 2 N–H and O–H groups in total. The maximum atomic E-state index is 10.7. The van der Waals surface area contributed by atoms with Crippen molar-refractivity contribution in [1.29, 1.82) is 0 Å². The van der Waals surface area contributed by atoms with Gasteiger partial charge in [-0.1, -0.05) is 24.3 Å². The summed E-state index contributed by atoms with van der Waals surface area (Å²) in [5, 5.41) is 19.1. The fourth-order valence-electron chi connectivity index (χ4n) is 1.63. The normalized spacial score (nSPS) is 11.5. The molecule has 13 heteroatoms. The first-order valence-corrected chi connectivity index (χ1v) is 9.69. The molecule has 2 rings (SSSR count). The summed E-state index contributed by atoms with van der Waals surface area (Å²) in [5.74, 6) is 0.433. The molecule has 0 saturated carbocycles. The van der Waals surface area contributed by atoms with Crippen LogP contribution in [0.5, 0.6) is 11.5 Å². The number of hydrogen-bond acceptors (Lipinski definition) is 8. The van der Waals surface area contributed by atoms with Crippen LogP contribution in [0.1, 0.15) is 11.1 Å². The summed E-state index contributed by atoms with van der Waals surface area (Å²) in [6.45, 7) is 1.05. The average molecular weight is 485 g/mol. The van der Waals surface area contributed by atoms with Gasteiger partial charge in [-0.15, -0.1) is 0 Å². The standard InChI is InChI=1S/C16H16N2O2.CHF3O3S.Cr.O/c19-15-7-3-1-5-13(15)11-17-9-10-18-12-14-6-2-4-8-16(14)20;2-1(3,4)8(5,6)7;;/h1-8,11-12,19-20H,9-10H2;(H,5,6,7);;/p-1. The molecule has 0 amide bonds. The van der Waals surface area contributed by atoms with E-state index in [4.69, 9.17) is 16.8 Å². The average Bonchev–Trinajstić information content (AvgIpc) is 2.68. The third-order valence-corrected chi connectivity index (χ3v) is 3.54. The number of phenolic OH excluding ortho intramolecular Hbond substituents is 2. The van der Waals surface area contributed by atoms with Crippen molar-refractivity contribution in [3.05, 3.63) is 59.7 Å². The quantitative estimate of drug-likeness (QED) is 0.289. The zero-order chi connectivity index (χ0) is 23.2. The van der Waals surface area contributed by atoms with Gasteiger partial charge in [0, 0.05) is 23.6 Å². The van der Waals surface area contributed by atoms with E-state index in [0.29, 0.717) is 24.2 Å². The SMILES string of the molecule is O=S(=O)([O-])C(F)(F)F.Oc1ccccc1C=NCCN=Cc1ccccc1O.[O]=[Cr]. The molecule has 0 radical (unpaired) electrons. The Kier molecular flexibility index (Phi) is 12.4. The van der Waals surface area contributed by atoms with Gasteiger partial charge in [0.05, 0.1) is 13.1 Å². The maximum absolute atomic E-state index is 10.7. The first kappa shape index (κ1) is 27.4. The molecule has 0 aliphatic carbocycles. The molecule has 30 heavy (non-hydrogen) atoms. The third kappa shape index (κ3) is 10.8. The minimum atomic E-state index is -6.09. The number of phenols is 2. The van der Waals surface area contributed by atoms with Gasteiger partial charge in [-0.3, -0.25) is 9.98 Å². The van der Waals surface area contributed by atoms with Crippen molar-refractivity contribution < 1.29 is 56.4 Å². The van der Waals surface area contributed by atoms with E-state index in [1.165, 1.54) is 16.2 Å². The van der Waals surface area contributed by atoms with Crippen LogP contribution in [-0.2, 0) is 30.1 Å². The number of alkyl halides is 3. The Labute approximate surface area is 178 Å². The van der Waals surface area contributed by atoms with Crippen molar-refractivity contribution in [2.45, 2.75) is 5.51 Å². The van der Waals surface area contributed by atoms with E-state index in [2.05, 4.69) is 9.98 Å². The monoisotopic (exact) mass is 485 g/mol. The summed E-state index contributed by atoms with van der Waals surface area (Å²) in [6, 6.07) is 14.1. The molecule has 2 aromatic rings. The van der Waals surface area contributed by atoms with E-state index in [-0.39, 0.29) is 11.5 Å². The Morgan fingerprint density at radius 2 is 1.17 bits per heavy atom.